The number of rotatable bonds is 3. The predicted molar refractivity (Wildman–Crippen MR) is 60.2 cm³/mol. The van der Waals surface area contributed by atoms with Gasteiger partial charge < -0.3 is 0 Å². The average Bonchev–Trinajstić information content (AvgIpc) is 2.61. The molecule has 5 nitrogen and oxygen atoms in total. The van der Waals surface area contributed by atoms with Crippen LogP contribution in [-0.4, -0.2) is 20.5 Å². The molecule has 6 heteroatoms. The van der Waals surface area contributed by atoms with Gasteiger partial charge in [-0.25, -0.2) is 0 Å². The number of hydrogen-bond donors (Lipinski definition) is 1. The molecule has 0 spiro atoms. The van der Waals surface area contributed by atoms with E-state index in [1.54, 1.807) is 16.9 Å². The van der Waals surface area contributed by atoms with Crippen LogP contribution in [0.3, 0.4) is 0 Å². The number of hydrogen-bond acceptors (Lipinski definition) is 4. The molecule has 0 amide bonds. The number of non-ortho nitro benzene ring substituents is 1. The van der Waals surface area contributed by atoms with Crippen LogP contribution < -0.4 is 0 Å². The quantitative estimate of drug-likeness (QED) is 0.491. The van der Waals surface area contributed by atoms with E-state index in [0.29, 0.717) is 12.3 Å². The molecular formula is C9H9N3O2S. The van der Waals surface area contributed by atoms with Crippen molar-refractivity contribution < 1.29 is 4.92 Å². The molecule has 0 radical (unpaired) electrons. The number of aryl methyl sites for hydroxylation is 1. The highest BCUT2D eigenvalue weighted by molar-refractivity contribution is 7.80. The molecule has 0 saturated carbocycles. The number of benzene rings is 1. The van der Waals surface area contributed by atoms with E-state index < -0.39 is 4.92 Å². The molecule has 2 aromatic rings. The first-order chi connectivity index (χ1) is 7.22. The molecule has 0 N–H and O–H groups in total. The molecule has 1 aromatic carbocycles. The van der Waals surface area contributed by atoms with Crippen molar-refractivity contribution in [3.8, 4) is 0 Å². The van der Waals surface area contributed by atoms with Crippen LogP contribution in [0.25, 0.3) is 10.9 Å². The first kappa shape index (κ1) is 9.97. The van der Waals surface area contributed by atoms with E-state index in [4.69, 9.17) is 0 Å². The molecular weight excluding hydrogens is 214 g/mol. The minimum absolute atomic E-state index is 0.0865. The fourth-order valence-corrected chi connectivity index (χ4v) is 1.63. The fourth-order valence-electron chi connectivity index (χ4n) is 1.45. The Bertz CT molecular complexity index is 509. The molecule has 0 aliphatic rings. The Morgan fingerprint density at radius 3 is 3.00 bits per heavy atom. The first-order valence-corrected chi connectivity index (χ1v) is 5.06. The second-order valence-electron chi connectivity index (χ2n) is 3.09. The molecule has 1 heterocycles. The summed E-state index contributed by atoms with van der Waals surface area (Å²) in [5.74, 6) is 0.652. The average molecular weight is 223 g/mol. The largest absolute Gasteiger partial charge is 0.271 e. The highest BCUT2D eigenvalue weighted by Gasteiger charge is 2.09. The lowest BCUT2D eigenvalue weighted by Gasteiger charge is -1.99. The van der Waals surface area contributed by atoms with E-state index >= 15 is 0 Å². The minimum atomic E-state index is -0.405. The van der Waals surface area contributed by atoms with Gasteiger partial charge in [-0.2, -0.15) is 17.7 Å². The fraction of sp³-hybridized carbons (Fsp3) is 0.222. The summed E-state index contributed by atoms with van der Waals surface area (Å²) in [4.78, 5) is 10.2. The van der Waals surface area contributed by atoms with E-state index in [9.17, 15) is 10.1 Å². The second-order valence-corrected chi connectivity index (χ2v) is 3.54. The molecule has 0 bridgehead atoms. The zero-order valence-electron chi connectivity index (χ0n) is 7.83. The van der Waals surface area contributed by atoms with Gasteiger partial charge in [-0.3, -0.25) is 14.8 Å². The number of thiol groups is 1. The van der Waals surface area contributed by atoms with E-state index in [1.165, 1.54) is 12.1 Å². The monoisotopic (exact) mass is 223 g/mol. The maximum absolute atomic E-state index is 10.6. The maximum Gasteiger partial charge on any atom is 0.271 e. The van der Waals surface area contributed by atoms with Gasteiger partial charge in [-0.05, 0) is 6.07 Å². The molecule has 2 rings (SSSR count). The Hall–Kier alpha value is -1.56. The Balaban J connectivity index is 2.56. The highest BCUT2D eigenvalue weighted by Crippen LogP contribution is 2.20. The lowest BCUT2D eigenvalue weighted by Crippen LogP contribution is -2.00. The summed E-state index contributed by atoms with van der Waals surface area (Å²) in [6.45, 7) is 0.647. The van der Waals surface area contributed by atoms with Gasteiger partial charge in [0.05, 0.1) is 23.2 Å². The zero-order valence-corrected chi connectivity index (χ0v) is 8.72. The van der Waals surface area contributed by atoms with Crippen LogP contribution in [0.2, 0.25) is 0 Å². The third-order valence-corrected chi connectivity index (χ3v) is 2.35. The topological polar surface area (TPSA) is 61.0 Å². The Morgan fingerprint density at radius 1 is 1.53 bits per heavy atom. The standard InChI is InChI=1S/C9H9N3O2S/c13-12(14)8-2-1-7-6-10-11(3-4-15)9(7)5-8/h1-2,5-6,15H,3-4H2. The molecule has 0 aliphatic carbocycles. The van der Waals surface area contributed by atoms with Crippen molar-refractivity contribution >= 4 is 29.2 Å². The number of nitro groups is 1. The molecule has 0 atom stereocenters. The Labute approximate surface area is 91.3 Å². The summed E-state index contributed by atoms with van der Waals surface area (Å²) >= 11 is 4.10. The molecule has 1 aromatic heterocycles. The normalized spacial score (nSPS) is 10.7. The van der Waals surface area contributed by atoms with Gasteiger partial charge in [0.25, 0.3) is 5.69 Å². The van der Waals surface area contributed by atoms with Crippen LogP contribution in [0.5, 0.6) is 0 Å². The number of nitro benzene ring substituents is 1. The highest BCUT2D eigenvalue weighted by atomic mass is 32.1. The molecule has 0 unspecified atom stereocenters. The van der Waals surface area contributed by atoms with Gasteiger partial charge in [0.1, 0.15) is 0 Å². The molecule has 0 fully saturated rings. The predicted octanol–water partition coefficient (Wildman–Crippen LogP) is 1.87. The van der Waals surface area contributed by atoms with Crippen LogP contribution in [0.4, 0.5) is 5.69 Å². The van der Waals surface area contributed by atoms with Gasteiger partial charge in [-0.1, -0.05) is 0 Å². The van der Waals surface area contributed by atoms with Crippen LogP contribution in [0, 0.1) is 10.1 Å². The third-order valence-electron chi connectivity index (χ3n) is 2.15. The van der Waals surface area contributed by atoms with Crippen molar-refractivity contribution in [2.75, 3.05) is 5.75 Å². The summed E-state index contributed by atoms with van der Waals surface area (Å²) in [6, 6.07) is 4.72. The molecule has 78 valence electrons. The van der Waals surface area contributed by atoms with Gasteiger partial charge in [0.2, 0.25) is 0 Å². The van der Waals surface area contributed by atoms with Gasteiger partial charge in [0, 0.05) is 23.3 Å². The first-order valence-electron chi connectivity index (χ1n) is 4.43. The second kappa shape index (κ2) is 3.90. The summed E-state index contributed by atoms with van der Waals surface area (Å²) in [6.07, 6.45) is 1.70. The number of nitrogens with zero attached hydrogens (tertiary/aromatic N) is 3. The number of fused-ring (bicyclic) bond motifs is 1. The van der Waals surface area contributed by atoms with Gasteiger partial charge in [0.15, 0.2) is 0 Å². The summed E-state index contributed by atoms with van der Waals surface area (Å²) in [7, 11) is 0. The smallest absolute Gasteiger partial charge is 0.264 e. The van der Waals surface area contributed by atoms with Crippen molar-refractivity contribution in [2.45, 2.75) is 6.54 Å². The van der Waals surface area contributed by atoms with Crippen molar-refractivity contribution in [2.24, 2.45) is 0 Å². The van der Waals surface area contributed by atoms with Gasteiger partial charge in [-0.15, -0.1) is 0 Å². The SMILES string of the molecule is O=[N+]([O-])c1ccc2cnn(CCS)c2c1. The Morgan fingerprint density at radius 2 is 2.33 bits per heavy atom. The van der Waals surface area contributed by atoms with Crippen molar-refractivity contribution in [1.29, 1.82) is 0 Å². The maximum atomic E-state index is 10.6. The summed E-state index contributed by atoms with van der Waals surface area (Å²) in [5, 5.41) is 15.6. The molecule has 0 saturated heterocycles. The third kappa shape index (κ3) is 1.80. The van der Waals surface area contributed by atoms with Crippen molar-refractivity contribution in [3.05, 3.63) is 34.5 Å². The van der Waals surface area contributed by atoms with Crippen molar-refractivity contribution in [3.63, 3.8) is 0 Å². The van der Waals surface area contributed by atoms with E-state index in [0.717, 1.165) is 10.9 Å². The Kier molecular flexibility index (Phi) is 2.59. The van der Waals surface area contributed by atoms with Crippen LogP contribution >= 0.6 is 12.6 Å². The lowest BCUT2D eigenvalue weighted by molar-refractivity contribution is -0.384. The summed E-state index contributed by atoms with van der Waals surface area (Å²) in [5.41, 5.74) is 0.863. The van der Waals surface area contributed by atoms with Crippen LogP contribution in [-0.2, 0) is 6.54 Å². The van der Waals surface area contributed by atoms with E-state index in [2.05, 4.69) is 17.7 Å². The minimum Gasteiger partial charge on any atom is -0.264 e. The molecule has 0 aliphatic heterocycles. The lowest BCUT2D eigenvalue weighted by atomic mass is 10.2. The van der Waals surface area contributed by atoms with E-state index in [1.807, 2.05) is 0 Å². The number of aromatic nitrogens is 2. The van der Waals surface area contributed by atoms with Crippen LogP contribution in [0.1, 0.15) is 0 Å². The van der Waals surface area contributed by atoms with Gasteiger partial charge >= 0.3 is 0 Å². The van der Waals surface area contributed by atoms with Crippen LogP contribution in [0.15, 0.2) is 24.4 Å². The van der Waals surface area contributed by atoms with E-state index in [-0.39, 0.29) is 5.69 Å². The van der Waals surface area contributed by atoms with Crippen molar-refractivity contribution in [1.82, 2.24) is 9.78 Å². The summed E-state index contributed by atoms with van der Waals surface area (Å²) < 4.78 is 1.72. The zero-order chi connectivity index (χ0) is 10.8. The molecule has 15 heavy (non-hydrogen) atoms.